The second-order valence-electron chi connectivity index (χ2n) is 32.5. The minimum absolute atomic E-state index is 0.0438. The number of hydrogen-bond donors (Lipinski definition) is 10. The Bertz CT molecular complexity index is 7100. The molecule has 7 heterocycles. The maximum Gasteiger partial charge on any atom is 0.517 e. The fourth-order valence-electron chi connectivity index (χ4n) is 11.8. The number of aliphatic carboxylic acids is 1. The van der Waals surface area contributed by atoms with Gasteiger partial charge in [0.15, 0.2) is 5.78 Å². The van der Waals surface area contributed by atoms with Gasteiger partial charge in [0, 0.05) is 119 Å². The minimum atomic E-state index is -6.81. The summed E-state index contributed by atoms with van der Waals surface area (Å²) >= 11 is 5.75. The van der Waals surface area contributed by atoms with Crippen LogP contribution in [0.2, 0.25) is 5.15 Å². The van der Waals surface area contributed by atoms with Crippen molar-refractivity contribution in [3.63, 3.8) is 0 Å². The Morgan fingerprint density at radius 3 is 1.20 bits per heavy atom. The molecule has 51 heteroatoms. The number of nitrogens with zero attached hydrogens (tertiary/aromatic N) is 14. The van der Waals surface area contributed by atoms with E-state index in [1.54, 1.807) is 96.9 Å². The number of Topliss-reactive ketones (excluding diaryl/α,β-unsaturated/α-hetero) is 1. The number of rotatable bonds is 15. The van der Waals surface area contributed by atoms with Gasteiger partial charge >= 0.3 is 49.4 Å². The maximum absolute atomic E-state index is 12.4. The molecule has 7 aromatic carbocycles. The molecular formula is C99H107ClF9N22O17S2-. The van der Waals surface area contributed by atoms with Crippen molar-refractivity contribution >= 4 is 157 Å². The second-order valence-corrected chi connectivity index (χ2v) is 36.7. The number of ether oxygens (including phenoxy) is 2. The summed E-state index contributed by atoms with van der Waals surface area (Å²) in [7, 11) is -8.91. The van der Waals surface area contributed by atoms with Crippen LogP contribution in [-0.4, -0.2) is 209 Å². The van der Waals surface area contributed by atoms with E-state index >= 15 is 0 Å². The number of para-hydroxylation sites is 7. The average Bonchev–Trinajstić information content (AvgIpc) is 0.736. The van der Waals surface area contributed by atoms with Gasteiger partial charge in [-0.15, -0.1) is 3.71 Å². The van der Waals surface area contributed by atoms with Gasteiger partial charge in [-0.2, -0.15) is 56.3 Å². The molecule has 150 heavy (non-hydrogen) atoms. The van der Waals surface area contributed by atoms with Gasteiger partial charge in [0.05, 0.1) is 39.1 Å². The summed E-state index contributed by atoms with van der Waals surface area (Å²) in [6.45, 7) is 36.6. The molecule has 0 aliphatic carbocycles. The highest BCUT2D eigenvalue weighted by atomic mass is 35.5. The van der Waals surface area contributed by atoms with E-state index in [9.17, 15) is 90.2 Å². The lowest BCUT2D eigenvalue weighted by Crippen LogP contribution is -2.49. The first-order chi connectivity index (χ1) is 70.0. The van der Waals surface area contributed by atoms with E-state index in [4.69, 9.17) is 52.3 Å². The predicted octanol–water partition coefficient (Wildman–Crippen LogP) is 15.0. The van der Waals surface area contributed by atoms with Crippen molar-refractivity contribution in [1.29, 1.82) is 0 Å². The largest absolute Gasteiger partial charge is 0.542 e. The molecule has 39 nitrogen and oxygen atoms in total. The number of ketones is 1. The van der Waals surface area contributed by atoms with Crippen molar-refractivity contribution < 1.29 is 119 Å². The molecular weight excluding hydrogens is 2040 g/mol. The van der Waals surface area contributed by atoms with Gasteiger partial charge in [0.1, 0.15) is 94.4 Å². The molecule has 14 rings (SSSR count). The topological polar surface area (TPSA) is 596 Å². The number of hydrogen-bond acceptors (Lipinski definition) is 32. The predicted molar refractivity (Wildman–Crippen MR) is 547 cm³/mol. The number of nitrogens with two attached hydrogens (primary N) is 3. The highest BCUT2D eigenvalue weighted by Gasteiger charge is 2.62. The molecule has 7 aromatic heterocycles. The van der Waals surface area contributed by atoms with Crippen molar-refractivity contribution in [2.75, 3.05) is 50.2 Å². The number of aromatic hydroxyl groups is 2. The van der Waals surface area contributed by atoms with Gasteiger partial charge in [-0.05, 0) is 155 Å². The number of phenolic OH excluding ortho intramolecular Hbond substituents is 2. The average molecular weight is 2150 g/mol. The van der Waals surface area contributed by atoms with Crippen molar-refractivity contribution in [3.05, 3.63) is 294 Å². The van der Waals surface area contributed by atoms with Crippen LogP contribution in [0, 0.1) is 34.6 Å². The Morgan fingerprint density at radius 2 is 0.827 bits per heavy atom. The zero-order valence-electron chi connectivity index (χ0n) is 83.5. The smallest absolute Gasteiger partial charge is 0.517 e. The first kappa shape index (κ1) is 125. The number of fused-ring (bicyclic) bond motifs is 5. The Hall–Kier alpha value is -17.0. The monoisotopic (exact) mass is 2150 g/mol. The highest BCUT2D eigenvalue weighted by Crippen LogP contribution is 2.39. The number of benzene rings is 7. The zero-order chi connectivity index (χ0) is 113. The number of aryl methyl sites for hydroxylation is 5. The van der Waals surface area contributed by atoms with Gasteiger partial charge in [0.25, 0.3) is 17.7 Å². The van der Waals surface area contributed by atoms with Gasteiger partial charge in [-0.3, -0.25) is 29.0 Å². The molecule has 0 atom stereocenters. The molecule has 0 spiro atoms. The van der Waals surface area contributed by atoms with Crippen molar-refractivity contribution in [2.24, 2.45) is 11.5 Å². The number of amides is 6. The number of sulfonamides is 2. The minimum Gasteiger partial charge on any atom is -0.542 e. The van der Waals surface area contributed by atoms with Gasteiger partial charge in [-0.25, -0.2) is 69.4 Å². The van der Waals surface area contributed by atoms with Crippen LogP contribution in [0.15, 0.2) is 227 Å². The SMILES string of the molecule is C=C(C)CNC(=O)OC(C)(C)C.C=C(CN)c1cccc2c(C(=O)NC)ncnc12.C=C(CNC(=O)OC(C)(C)C)c1cccc2c(C(=O)NC)ncnc12.CC(=O)c1cccc(O)c1N.CNC(=O)c1ncnc2c(C)cccc12.Cc1ccc(-c2cc(Cl)ncn2)cn1.Cc1ncnc2c(C)cccc12.Cc1ncnc2c(O)cccc12.NC=O.O=C([O-])C(F)(F)F.O=S(=O)(N(c1ccccc1)S(=O)(=O)C(F)(F)F)C(F)(F)F. The quantitative estimate of drug-likeness (QED) is 0.00866. The number of carbonyl (C=O) groups excluding carboxylic acids is 8. The molecule has 0 unspecified atom stereocenters. The van der Waals surface area contributed by atoms with Crippen LogP contribution in [0.4, 0.5) is 60.5 Å². The van der Waals surface area contributed by atoms with Crippen LogP contribution in [-0.2, 0) is 39.1 Å². The van der Waals surface area contributed by atoms with E-state index in [1.165, 1.54) is 50.2 Å². The number of anilines is 2. The number of halogens is 10. The third kappa shape index (κ3) is 38.1. The van der Waals surface area contributed by atoms with Crippen molar-refractivity contribution in [3.8, 4) is 22.8 Å². The molecule has 0 saturated heterocycles. The van der Waals surface area contributed by atoms with E-state index in [1.807, 2.05) is 122 Å². The first-order valence-corrected chi connectivity index (χ1v) is 46.7. The molecule has 0 bridgehead atoms. The summed E-state index contributed by atoms with van der Waals surface area (Å²) in [6.07, 6.45) is 4.55. The van der Waals surface area contributed by atoms with Crippen molar-refractivity contribution in [1.82, 2.24) is 91.4 Å². The number of pyridine rings is 1. The normalized spacial score (nSPS) is 10.8. The van der Waals surface area contributed by atoms with Crippen LogP contribution in [0.25, 0.3) is 76.9 Å². The molecule has 0 aliphatic heterocycles. The van der Waals surface area contributed by atoms with Crippen LogP contribution in [0.5, 0.6) is 11.5 Å². The van der Waals surface area contributed by atoms with Gasteiger partial charge in [0.2, 0.25) is 6.41 Å². The number of phenols is 2. The van der Waals surface area contributed by atoms with Gasteiger partial charge in [-0.1, -0.05) is 146 Å². The van der Waals surface area contributed by atoms with Crippen LogP contribution >= 0.6 is 11.6 Å². The summed E-state index contributed by atoms with van der Waals surface area (Å²) in [5, 5.41) is 44.8. The molecule has 0 radical (unpaired) electrons. The lowest BCUT2D eigenvalue weighted by molar-refractivity contribution is -0.344. The molecule has 0 aliphatic rings. The lowest BCUT2D eigenvalue weighted by Gasteiger charge is -2.25. The fraction of sp³-hybridized carbons (Fsp3) is 0.242. The standard InChI is InChI=1S/C18H22N4O3.C13H14N4O.C11H11N3O.C10H8ClN3.C10H10N2.C9H8N2O.C9H17NO2.C8H5F6NO4S2.C8H9NO2.C2HF3O2.CH3NO/c1-11(9-20-17(24)25-18(2,3)4)12-7-6-8-13-14(12)21-10-22-15(13)16(23)19-5;1-8(6-14)9-4-3-5-10-11(9)16-7-17-12(10)13(18)15-2;1-7-4-3-5-8-9(7)13-6-14-10(8)11(15)12-2;1-7-2-3-8(5-12-7)9-4-10(11)14-6-13-9;1-7-4-3-5-9-8(2)11-6-12-10(7)9;1-6-7-3-2-4-8(12)9(7)11-5-10-6;1-7(2)6-10-8(11)12-9(3,4)5;9-7(10,11)20(16,17)15(6-4-2-1-3-5-6)21(18,19)8(12,13)14;1-5(10)6-3-2-4-7(11)8(6)9;3-2(4,5)1(6)7;2-1-3/h6-8,10H,1,9H2,2-5H3,(H,19,23)(H,20,24);3-5,7H,1,6,14H2,2H3,(H,15,18);3-6H,1-2H3,(H,12,15);2-6H,1H3;3-6H,1-2H3;2-5,12H,1H3;1,6H2,2-5H3,(H,10,11);1-5H;2-4,11H,9H2,1H3;(H,6,7);1H,(H2,2,3)/p-1. The van der Waals surface area contributed by atoms with Crippen LogP contribution in [0.1, 0.15) is 137 Å². The number of primary amides is 1. The molecule has 0 fully saturated rings. The number of carboxylic acids is 1. The van der Waals surface area contributed by atoms with Crippen LogP contribution in [0.3, 0.4) is 0 Å². The molecule has 6 amide bonds. The molecule has 14 aromatic rings. The number of carbonyl (C=O) groups is 8. The first-order valence-electron chi connectivity index (χ1n) is 43.5. The van der Waals surface area contributed by atoms with E-state index < -0.39 is 76.0 Å². The highest BCUT2D eigenvalue weighted by molar-refractivity contribution is 8.11. The Balaban J connectivity index is 0.000000351. The van der Waals surface area contributed by atoms with E-state index in [-0.39, 0.29) is 53.6 Å². The Morgan fingerprint density at radius 1 is 0.467 bits per heavy atom. The number of carboxylic acid groups (broad SMARTS) is 1. The van der Waals surface area contributed by atoms with E-state index in [0.717, 1.165) is 102 Å². The van der Waals surface area contributed by atoms with E-state index in [0.29, 0.717) is 85.9 Å². The molecule has 0 saturated carbocycles. The number of alkyl carbamates (subject to hydrolysis) is 2. The third-order valence-electron chi connectivity index (χ3n) is 18.7. The number of aromatic nitrogens is 13. The Labute approximate surface area is 860 Å². The lowest BCUT2D eigenvalue weighted by atomic mass is 10.0. The zero-order valence-corrected chi connectivity index (χ0v) is 85.9. The maximum atomic E-state index is 12.4. The number of alkyl halides is 9. The number of nitrogens with one attached hydrogen (secondary N) is 5. The fourth-order valence-corrected chi connectivity index (χ4v) is 14.7. The molecule has 13 N–H and O–H groups in total. The Kier molecular flexibility index (Phi) is 47.7. The van der Waals surface area contributed by atoms with Gasteiger partial charge < -0.3 is 73.4 Å². The summed E-state index contributed by atoms with van der Waals surface area (Å²) in [6, 6.07) is 42.2. The summed E-state index contributed by atoms with van der Waals surface area (Å²) < 4.78 is 159. The summed E-state index contributed by atoms with van der Waals surface area (Å²) in [4.78, 5) is 139. The third-order valence-corrected chi connectivity index (χ3v) is 22.6. The number of nitrogen functional groups attached to an aromatic ring is 1. The van der Waals surface area contributed by atoms with Crippen LogP contribution < -0.4 is 52.6 Å². The molecule has 798 valence electrons. The van der Waals surface area contributed by atoms with E-state index in [2.05, 4.69) is 136 Å². The van der Waals surface area contributed by atoms with Crippen molar-refractivity contribution in [2.45, 2.75) is 118 Å². The second kappa shape index (κ2) is 57.2. The summed E-state index contributed by atoms with van der Waals surface area (Å²) in [5.74, 6) is -3.70. The summed E-state index contributed by atoms with van der Waals surface area (Å²) in [5.41, 5.74) is 16.6.